The van der Waals surface area contributed by atoms with E-state index in [1.807, 2.05) is 24.3 Å². The molecule has 0 fully saturated rings. The first-order valence-electron chi connectivity index (χ1n) is 6.01. The van der Waals surface area contributed by atoms with Gasteiger partial charge in [0, 0.05) is 32.4 Å². The fraction of sp³-hybridized carbons (Fsp3) is 0.308. The van der Waals surface area contributed by atoms with E-state index in [2.05, 4.69) is 15.5 Å². The molecule has 0 aliphatic carbocycles. The van der Waals surface area contributed by atoms with Crippen LogP contribution in [0.5, 0.6) is 0 Å². The van der Waals surface area contributed by atoms with E-state index in [1.54, 1.807) is 14.1 Å². The Morgan fingerprint density at radius 2 is 2.05 bits per heavy atom. The number of nitrogens with one attached hydrogen (secondary N) is 2. The smallest absolute Gasteiger partial charge is 0.272 e. The average Bonchev–Trinajstić information content (AvgIpc) is 2.82. The molecule has 0 saturated heterocycles. The van der Waals surface area contributed by atoms with Crippen LogP contribution in [0.15, 0.2) is 24.3 Å². The molecule has 6 heteroatoms. The number of fused-ring (bicyclic) bond motifs is 1. The second-order valence-electron chi connectivity index (χ2n) is 4.41. The summed E-state index contributed by atoms with van der Waals surface area (Å²) < 4.78 is 0. The van der Waals surface area contributed by atoms with Gasteiger partial charge in [-0.1, -0.05) is 18.2 Å². The Kier molecular flexibility index (Phi) is 3.79. The van der Waals surface area contributed by atoms with Crippen molar-refractivity contribution in [1.82, 2.24) is 20.4 Å². The van der Waals surface area contributed by atoms with Gasteiger partial charge in [0.15, 0.2) is 5.69 Å². The highest BCUT2D eigenvalue weighted by Crippen LogP contribution is 2.14. The molecule has 2 rings (SSSR count). The molecule has 6 nitrogen and oxygen atoms in total. The molecule has 2 aromatic rings. The van der Waals surface area contributed by atoms with Gasteiger partial charge in [-0.15, -0.1) is 0 Å². The Morgan fingerprint density at radius 3 is 2.79 bits per heavy atom. The predicted octanol–water partition coefficient (Wildman–Crippen LogP) is 0.771. The van der Waals surface area contributed by atoms with Gasteiger partial charge in [0.2, 0.25) is 5.91 Å². The number of aromatic amines is 1. The molecule has 0 aliphatic rings. The molecule has 0 bridgehead atoms. The maximum atomic E-state index is 12.0. The Morgan fingerprint density at radius 1 is 1.32 bits per heavy atom. The van der Waals surface area contributed by atoms with E-state index in [0.29, 0.717) is 12.2 Å². The molecule has 0 unspecified atom stereocenters. The van der Waals surface area contributed by atoms with E-state index in [0.717, 1.165) is 10.9 Å². The fourth-order valence-electron chi connectivity index (χ4n) is 1.73. The maximum absolute atomic E-state index is 12.0. The van der Waals surface area contributed by atoms with Crippen LogP contribution < -0.4 is 5.32 Å². The molecule has 19 heavy (non-hydrogen) atoms. The molecule has 100 valence electrons. The van der Waals surface area contributed by atoms with E-state index >= 15 is 0 Å². The minimum absolute atomic E-state index is 0.0211. The number of nitrogens with zero attached hydrogens (tertiary/aromatic N) is 2. The van der Waals surface area contributed by atoms with Crippen molar-refractivity contribution in [3.63, 3.8) is 0 Å². The lowest BCUT2D eigenvalue weighted by molar-refractivity contribution is -0.128. The molecule has 1 aromatic heterocycles. The molecular weight excluding hydrogens is 244 g/mol. The normalized spacial score (nSPS) is 10.4. The first-order valence-corrected chi connectivity index (χ1v) is 6.01. The molecule has 2 amide bonds. The summed E-state index contributed by atoms with van der Waals surface area (Å²) in [4.78, 5) is 24.8. The number of benzene rings is 1. The Balaban J connectivity index is 1.99. The molecule has 0 radical (unpaired) electrons. The van der Waals surface area contributed by atoms with Crippen LogP contribution in [0, 0.1) is 0 Å². The number of carbonyl (C=O) groups excluding carboxylic acids is 2. The van der Waals surface area contributed by atoms with E-state index in [9.17, 15) is 9.59 Å². The molecule has 0 spiro atoms. The lowest BCUT2D eigenvalue weighted by Gasteiger charge is -2.10. The van der Waals surface area contributed by atoms with E-state index in [-0.39, 0.29) is 18.2 Å². The predicted molar refractivity (Wildman–Crippen MR) is 71.7 cm³/mol. The van der Waals surface area contributed by atoms with Gasteiger partial charge in [-0.3, -0.25) is 14.7 Å². The summed E-state index contributed by atoms with van der Waals surface area (Å²) >= 11 is 0. The minimum atomic E-state index is -0.274. The summed E-state index contributed by atoms with van der Waals surface area (Å²) in [6.45, 7) is 0.303. The van der Waals surface area contributed by atoms with Gasteiger partial charge < -0.3 is 10.2 Å². The van der Waals surface area contributed by atoms with Crippen LogP contribution in [-0.2, 0) is 4.79 Å². The van der Waals surface area contributed by atoms with Crippen LogP contribution in [0.3, 0.4) is 0 Å². The van der Waals surface area contributed by atoms with Gasteiger partial charge in [0.25, 0.3) is 5.91 Å². The molecule has 0 saturated carbocycles. The maximum Gasteiger partial charge on any atom is 0.272 e. The van der Waals surface area contributed by atoms with Crippen LogP contribution >= 0.6 is 0 Å². The second-order valence-corrected chi connectivity index (χ2v) is 4.41. The fourth-order valence-corrected chi connectivity index (χ4v) is 1.73. The summed E-state index contributed by atoms with van der Waals surface area (Å²) in [6, 6.07) is 7.41. The Bertz CT molecular complexity index is 603. The second kappa shape index (κ2) is 5.51. The number of para-hydroxylation sites is 1. The van der Waals surface area contributed by atoms with Crippen LogP contribution in [0.2, 0.25) is 0 Å². The average molecular weight is 260 g/mol. The highest BCUT2D eigenvalue weighted by atomic mass is 16.2. The summed E-state index contributed by atoms with van der Waals surface area (Å²) in [7, 11) is 3.37. The Hall–Kier alpha value is -2.37. The third kappa shape index (κ3) is 2.90. The molecule has 1 aromatic carbocycles. The van der Waals surface area contributed by atoms with E-state index in [1.165, 1.54) is 4.90 Å². The van der Waals surface area contributed by atoms with Gasteiger partial charge in [0.1, 0.15) is 0 Å². The number of hydrogen-bond donors (Lipinski definition) is 2. The van der Waals surface area contributed by atoms with Crippen molar-refractivity contribution in [2.45, 2.75) is 6.42 Å². The number of aromatic nitrogens is 2. The zero-order valence-corrected chi connectivity index (χ0v) is 10.9. The summed E-state index contributed by atoms with van der Waals surface area (Å²) in [5.74, 6) is -0.295. The van der Waals surface area contributed by atoms with Crippen molar-refractivity contribution in [3.8, 4) is 0 Å². The molecule has 2 N–H and O–H groups in total. The first-order chi connectivity index (χ1) is 9.09. The Labute approximate surface area is 110 Å². The molecular formula is C13H16N4O2. The van der Waals surface area contributed by atoms with Crippen molar-refractivity contribution in [2.24, 2.45) is 0 Å². The number of rotatable bonds is 4. The quantitative estimate of drug-likeness (QED) is 0.852. The lowest BCUT2D eigenvalue weighted by atomic mass is 10.2. The number of H-pyrrole nitrogens is 1. The van der Waals surface area contributed by atoms with Crippen molar-refractivity contribution in [1.29, 1.82) is 0 Å². The van der Waals surface area contributed by atoms with Gasteiger partial charge in [-0.25, -0.2) is 0 Å². The lowest BCUT2D eigenvalue weighted by Crippen LogP contribution is -2.30. The van der Waals surface area contributed by atoms with Crippen LogP contribution in [0.1, 0.15) is 16.9 Å². The number of carbonyl (C=O) groups is 2. The standard InChI is InChI=1S/C13H16N4O2/c1-17(2)11(18)7-8-14-13(19)12-9-5-3-4-6-10(9)15-16-12/h3-6H,7-8H2,1-2H3,(H,14,19)(H,15,16). The monoisotopic (exact) mass is 260 g/mol. The van der Waals surface area contributed by atoms with Gasteiger partial charge in [-0.05, 0) is 6.07 Å². The van der Waals surface area contributed by atoms with E-state index in [4.69, 9.17) is 0 Å². The van der Waals surface area contributed by atoms with Gasteiger partial charge in [0.05, 0.1) is 5.52 Å². The number of hydrogen-bond acceptors (Lipinski definition) is 3. The van der Waals surface area contributed by atoms with Crippen LogP contribution in [0.4, 0.5) is 0 Å². The zero-order chi connectivity index (χ0) is 13.8. The van der Waals surface area contributed by atoms with Gasteiger partial charge in [-0.2, -0.15) is 5.10 Å². The minimum Gasteiger partial charge on any atom is -0.350 e. The summed E-state index contributed by atoms with van der Waals surface area (Å²) in [6.07, 6.45) is 0.279. The zero-order valence-electron chi connectivity index (χ0n) is 10.9. The van der Waals surface area contributed by atoms with Crippen molar-refractivity contribution in [3.05, 3.63) is 30.0 Å². The third-order valence-corrected chi connectivity index (χ3v) is 2.81. The first kappa shape index (κ1) is 13.1. The van der Waals surface area contributed by atoms with Crippen molar-refractivity contribution < 1.29 is 9.59 Å². The summed E-state index contributed by atoms with van der Waals surface area (Å²) in [5.41, 5.74) is 1.17. The molecule has 0 aliphatic heterocycles. The largest absolute Gasteiger partial charge is 0.350 e. The highest BCUT2D eigenvalue weighted by Gasteiger charge is 2.13. The SMILES string of the molecule is CN(C)C(=O)CCNC(=O)c1n[nH]c2ccccc12. The summed E-state index contributed by atoms with van der Waals surface area (Å²) in [5, 5.41) is 10.3. The molecule has 1 heterocycles. The van der Waals surface area contributed by atoms with Crippen LogP contribution in [0.25, 0.3) is 10.9 Å². The van der Waals surface area contributed by atoms with Gasteiger partial charge >= 0.3 is 0 Å². The van der Waals surface area contributed by atoms with Crippen molar-refractivity contribution in [2.75, 3.05) is 20.6 Å². The third-order valence-electron chi connectivity index (χ3n) is 2.81. The van der Waals surface area contributed by atoms with Crippen molar-refractivity contribution >= 4 is 22.7 Å². The molecule has 0 atom stereocenters. The van der Waals surface area contributed by atoms with E-state index < -0.39 is 0 Å². The topological polar surface area (TPSA) is 78.1 Å². The van der Waals surface area contributed by atoms with Crippen LogP contribution in [-0.4, -0.2) is 47.6 Å². The number of amides is 2. The highest BCUT2D eigenvalue weighted by molar-refractivity contribution is 6.04.